The Morgan fingerprint density at radius 1 is 1.07 bits per heavy atom. The van der Waals surface area contributed by atoms with Crippen LogP contribution in [0.15, 0.2) is 37.8 Å². The second-order valence-corrected chi connectivity index (χ2v) is 1.95. The molecule has 0 rings (SSSR count). The lowest BCUT2D eigenvalue weighted by Gasteiger charge is -1.85. The van der Waals surface area contributed by atoms with Crippen LogP contribution in [0.4, 0.5) is 0 Å². The summed E-state index contributed by atoms with van der Waals surface area (Å²) < 4.78 is 8.56. The third kappa shape index (κ3) is 22.5. The van der Waals surface area contributed by atoms with E-state index in [2.05, 4.69) is 22.6 Å². The predicted molar refractivity (Wildman–Crippen MR) is 53.1 cm³/mol. The Morgan fingerprint density at radius 3 is 1.79 bits per heavy atom. The largest absolute Gasteiger partial charge is 0.435 e. The molecular formula is C10H14O4. The quantitative estimate of drug-likeness (QED) is 0.395. The molecular weight excluding hydrogens is 184 g/mol. The molecule has 0 atom stereocenters. The Balaban J connectivity index is 0. The Hall–Kier alpha value is -1.84. The van der Waals surface area contributed by atoms with Gasteiger partial charge in [-0.25, -0.2) is 0 Å². The van der Waals surface area contributed by atoms with E-state index in [0.29, 0.717) is 0 Å². The molecule has 0 radical (unpaired) electrons. The first-order valence-electron chi connectivity index (χ1n) is 3.77. The van der Waals surface area contributed by atoms with Crippen molar-refractivity contribution in [1.29, 1.82) is 0 Å². The molecule has 0 aromatic rings. The minimum Gasteiger partial charge on any atom is -0.435 e. The Morgan fingerprint density at radius 2 is 1.57 bits per heavy atom. The molecule has 0 aliphatic heterocycles. The van der Waals surface area contributed by atoms with Gasteiger partial charge in [0.2, 0.25) is 0 Å². The maximum Gasteiger partial charge on any atom is 0.307 e. The highest BCUT2D eigenvalue weighted by Gasteiger charge is 1.81. The molecule has 4 nitrogen and oxygen atoms in total. The molecule has 0 saturated carbocycles. The Kier molecular flexibility index (Phi) is 11.7. The van der Waals surface area contributed by atoms with Crippen molar-refractivity contribution in [3.8, 4) is 0 Å². The lowest BCUT2D eigenvalue weighted by Crippen LogP contribution is -1.88. The van der Waals surface area contributed by atoms with E-state index in [1.165, 1.54) is 26.2 Å². The van der Waals surface area contributed by atoms with E-state index >= 15 is 0 Å². The average Bonchev–Trinajstić information content (AvgIpc) is 2.05. The normalized spacial score (nSPS) is 8.14. The first kappa shape index (κ1) is 14.7. The van der Waals surface area contributed by atoms with Crippen molar-refractivity contribution in [2.45, 2.75) is 13.8 Å². The lowest BCUT2D eigenvalue weighted by atomic mass is 10.6. The van der Waals surface area contributed by atoms with Crippen LogP contribution in [-0.2, 0) is 19.1 Å². The van der Waals surface area contributed by atoms with Crippen LogP contribution in [0.2, 0.25) is 0 Å². The second kappa shape index (κ2) is 11.2. The zero-order valence-electron chi connectivity index (χ0n) is 8.36. The van der Waals surface area contributed by atoms with E-state index in [0.717, 1.165) is 6.26 Å². The van der Waals surface area contributed by atoms with Crippen molar-refractivity contribution in [3.05, 3.63) is 37.8 Å². The molecule has 0 aromatic heterocycles. The summed E-state index contributed by atoms with van der Waals surface area (Å²) in [6, 6.07) is 0. The first-order valence-corrected chi connectivity index (χ1v) is 3.77. The highest BCUT2D eigenvalue weighted by molar-refractivity contribution is 5.66. The van der Waals surface area contributed by atoms with Crippen molar-refractivity contribution in [2.24, 2.45) is 0 Å². The standard InChI is InChI=1S/C6H8O2.C4H6O2/c1-3-4-5-8-6(2)7;1-3-6-4(2)5/h3-5H,1H2,2H3;3H,1H2,2H3. The Bertz CT molecular complexity index is 228. The molecule has 0 unspecified atom stereocenters. The van der Waals surface area contributed by atoms with Gasteiger partial charge >= 0.3 is 11.9 Å². The van der Waals surface area contributed by atoms with Crippen LogP contribution in [0.1, 0.15) is 13.8 Å². The van der Waals surface area contributed by atoms with Gasteiger partial charge < -0.3 is 9.47 Å². The van der Waals surface area contributed by atoms with Crippen molar-refractivity contribution < 1.29 is 19.1 Å². The number of carbonyl (C=O) groups excluding carboxylic acids is 2. The highest BCUT2D eigenvalue weighted by atomic mass is 16.5. The van der Waals surface area contributed by atoms with E-state index in [1.807, 2.05) is 0 Å². The summed E-state index contributed by atoms with van der Waals surface area (Å²) in [6.45, 7) is 9.20. The van der Waals surface area contributed by atoms with Gasteiger partial charge in [0.1, 0.15) is 0 Å². The topological polar surface area (TPSA) is 52.6 Å². The van der Waals surface area contributed by atoms with Crippen LogP contribution in [0.5, 0.6) is 0 Å². The predicted octanol–water partition coefficient (Wildman–Crippen LogP) is 1.94. The van der Waals surface area contributed by atoms with Crippen LogP contribution < -0.4 is 0 Å². The molecule has 0 spiro atoms. The third-order valence-corrected chi connectivity index (χ3v) is 0.698. The van der Waals surface area contributed by atoms with Crippen molar-refractivity contribution in [3.63, 3.8) is 0 Å². The van der Waals surface area contributed by atoms with Crippen LogP contribution in [0.3, 0.4) is 0 Å². The number of hydrogen-bond donors (Lipinski definition) is 0. The SMILES string of the molecule is C=CC=COC(C)=O.C=COC(C)=O. The van der Waals surface area contributed by atoms with Gasteiger partial charge in [0.25, 0.3) is 0 Å². The van der Waals surface area contributed by atoms with Gasteiger partial charge in [-0.05, 0) is 6.08 Å². The fraction of sp³-hybridized carbons (Fsp3) is 0.200. The van der Waals surface area contributed by atoms with Gasteiger partial charge in [-0.3, -0.25) is 9.59 Å². The van der Waals surface area contributed by atoms with E-state index in [4.69, 9.17) is 0 Å². The minimum atomic E-state index is -0.329. The second-order valence-electron chi connectivity index (χ2n) is 1.95. The van der Waals surface area contributed by atoms with Crippen LogP contribution in [0.25, 0.3) is 0 Å². The average molecular weight is 198 g/mol. The molecule has 0 heterocycles. The van der Waals surface area contributed by atoms with Gasteiger partial charge in [0.05, 0.1) is 12.5 Å². The summed E-state index contributed by atoms with van der Waals surface area (Å²) in [7, 11) is 0. The zero-order chi connectivity index (χ0) is 11.4. The summed E-state index contributed by atoms with van der Waals surface area (Å²) >= 11 is 0. The zero-order valence-corrected chi connectivity index (χ0v) is 8.36. The van der Waals surface area contributed by atoms with E-state index in [9.17, 15) is 9.59 Å². The summed E-state index contributed by atoms with van der Waals surface area (Å²) in [4.78, 5) is 19.8. The molecule has 0 bridgehead atoms. The molecule has 0 amide bonds. The van der Waals surface area contributed by atoms with Gasteiger partial charge in [-0.2, -0.15) is 0 Å². The molecule has 78 valence electrons. The van der Waals surface area contributed by atoms with Gasteiger partial charge in [-0.1, -0.05) is 19.2 Å². The molecule has 0 N–H and O–H groups in total. The molecule has 0 aliphatic rings. The smallest absolute Gasteiger partial charge is 0.307 e. The van der Waals surface area contributed by atoms with E-state index < -0.39 is 0 Å². The van der Waals surface area contributed by atoms with Crippen molar-refractivity contribution in [1.82, 2.24) is 0 Å². The number of carbonyl (C=O) groups is 2. The monoisotopic (exact) mass is 198 g/mol. The van der Waals surface area contributed by atoms with Gasteiger partial charge in [-0.15, -0.1) is 0 Å². The number of rotatable bonds is 3. The highest BCUT2D eigenvalue weighted by Crippen LogP contribution is 1.77. The maximum atomic E-state index is 10.0. The Labute approximate surface area is 83.5 Å². The summed E-state index contributed by atoms with van der Waals surface area (Å²) in [6.07, 6.45) is 5.46. The molecule has 0 aliphatic carbocycles. The molecule has 14 heavy (non-hydrogen) atoms. The molecule has 0 saturated heterocycles. The number of allylic oxidation sites excluding steroid dienone is 2. The number of hydrogen-bond acceptors (Lipinski definition) is 4. The van der Waals surface area contributed by atoms with Crippen LogP contribution in [0, 0.1) is 0 Å². The summed E-state index contributed by atoms with van der Waals surface area (Å²) in [5.74, 6) is -0.645. The van der Waals surface area contributed by atoms with Crippen LogP contribution >= 0.6 is 0 Å². The summed E-state index contributed by atoms with van der Waals surface area (Å²) in [5.41, 5.74) is 0. The third-order valence-electron chi connectivity index (χ3n) is 0.698. The fourth-order valence-corrected chi connectivity index (χ4v) is 0.308. The van der Waals surface area contributed by atoms with Crippen molar-refractivity contribution >= 4 is 11.9 Å². The minimum absolute atomic E-state index is 0.317. The lowest BCUT2D eigenvalue weighted by molar-refractivity contribution is -0.136. The van der Waals surface area contributed by atoms with E-state index in [-0.39, 0.29) is 11.9 Å². The van der Waals surface area contributed by atoms with Gasteiger partial charge in [0.15, 0.2) is 0 Å². The molecule has 4 heteroatoms. The van der Waals surface area contributed by atoms with Gasteiger partial charge in [0, 0.05) is 13.8 Å². The first-order chi connectivity index (χ1) is 6.54. The number of esters is 2. The maximum absolute atomic E-state index is 10.0. The molecule has 0 fully saturated rings. The summed E-state index contributed by atoms with van der Waals surface area (Å²) in [5, 5.41) is 0. The molecule has 0 aromatic carbocycles. The van der Waals surface area contributed by atoms with Crippen molar-refractivity contribution in [2.75, 3.05) is 0 Å². The fourth-order valence-electron chi connectivity index (χ4n) is 0.308. The number of ether oxygens (including phenoxy) is 2. The van der Waals surface area contributed by atoms with E-state index in [1.54, 1.807) is 6.08 Å². The van der Waals surface area contributed by atoms with Crippen LogP contribution in [-0.4, -0.2) is 11.9 Å².